The summed E-state index contributed by atoms with van der Waals surface area (Å²) in [5, 5.41) is 9.60. The van der Waals surface area contributed by atoms with Crippen molar-refractivity contribution in [1.82, 2.24) is 4.90 Å². The van der Waals surface area contributed by atoms with Crippen molar-refractivity contribution in [2.75, 3.05) is 26.2 Å². The molecule has 1 saturated heterocycles. The van der Waals surface area contributed by atoms with Crippen molar-refractivity contribution in [2.45, 2.75) is 44.6 Å². The number of hydrogen-bond donors (Lipinski definition) is 1. The standard InChI is InChI=1S/C17H27NO2/c19-16-9-8-13-18(15-16)12-6-1-2-7-14-20-17-10-4-3-5-11-17/h3-5,10-11,16,19H,1-2,6-9,12-15H2. The maximum Gasteiger partial charge on any atom is 0.119 e. The second-order valence-corrected chi connectivity index (χ2v) is 5.67. The van der Waals surface area contributed by atoms with Gasteiger partial charge in [0.1, 0.15) is 5.75 Å². The Morgan fingerprint density at radius 3 is 2.70 bits per heavy atom. The third-order valence-corrected chi connectivity index (χ3v) is 3.86. The molecule has 1 aliphatic heterocycles. The van der Waals surface area contributed by atoms with Gasteiger partial charge in [0.15, 0.2) is 0 Å². The predicted octanol–water partition coefficient (Wildman–Crippen LogP) is 3.08. The first-order valence-corrected chi connectivity index (χ1v) is 7.93. The molecule has 1 heterocycles. The molecular weight excluding hydrogens is 250 g/mol. The van der Waals surface area contributed by atoms with Crippen LogP contribution in [0.15, 0.2) is 30.3 Å². The smallest absolute Gasteiger partial charge is 0.119 e. The number of rotatable bonds is 8. The number of nitrogens with zero attached hydrogens (tertiary/aromatic N) is 1. The lowest BCUT2D eigenvalue weighted by atomic mass is 10.1. The minimum atomic E-state index is -0.0944. The highest BCUT2D eigenvalue weighted by atomic mass is 16.5. The number of hydrogen-bond acceptors (Lipinski definition) is 3. The number of aliphatic hydroxyl groups excluding tert-OH is 1. The summed E-state index contributed by atoms with van der Waals surface area (Å²) in [6, 6.07) is 10.0. The maximum atomic E-state index is 9.60. The topological polar surface area (TPSA) is 32.7 Å². The molecule has 1 aromatic rings. The molecule has 1 atom stereocenters. The molecular formula is C17H27NO2. The number of β-amino-alcohol motifs (C(OH)–C–C–N with tert-alkyl or cyclic N) is 1. The minimum absolute atomic E-state index is 0.0944. The summed E-state index contributed by atoms with van der Waals surface area (Å²) < 4.78 is 5.67. The number of para-hydroxylation sites is 1. The summed E-state index contributed by atoms with van der Waals surface area (Å²) in [5.41, 5.74) is 0. The fourth-order valence-electron chi connectivity index (χ4n) is 2.73. The van der Waals surface area contributed by atoms with E-state index in [4.69, 9.17) is 4.74 Å². The van der Waals surface area contributed by atoms with Crippen molar-refractivity contribution in [3.8, 4) is 5.75 Å². The molecule has 3 heteroatoms. The summed E-state index contributed by atoms with van der Waals surface area (Å²) in [4.78, 5) is 2.40. The van der Waals surface area contributed by atoms with E-state index in [2.05, 4.69) is 4.90 Å². The van der Waals surface area contributed by atoms with Crippen LogP contribution >= 0.6 is 0 Å². The molecule has 1 N–H and O–H groups in total. The van der Waals surface area contributed by atoms with Gasteiger partial charge in [-0.15, -0.1) is 0 Å². The summed E-state index contributed by atoms with van der Waals surface area (Å²) >= 11 is 0. The van der Waals surface area contributed by atoms with Crippen molar-refractivity contribution in [3.63, 3.8) is 0 Å². The maximum absolute atomic E-state index is 9.60. The van der Waals surface area contributed by atoms with Gasteiger partial charge in [-0.3, -0.25) is 0 Å². The molecule has 2 rings (SSSR count). The van der Waals surface area contributed by atoms with Gasteiger partial charge in [-0.2, -0.15) is 0 Å². The van der Waals surface area contributed by atoms with E-state index in [1.807, 2.05) is 30.3 Å². The highest BCUT2D eigenvalue weighted by Crippen LogP contribution is 2.12. The molecule has 0 radical (unpaired) electrons. The number of likely N-dealkylation sites (tertiary alicyclic amines) is 1. The van der Waals surface area contributed by atoms with Crippen LogP contribution in [-0.2, 0) is 0 Å². The van der Waals surface area contributed by atoms with Gasteiger partial charge in [0, 0.05) is 6.54 Å². The van der Waals surface area contributed by atoms with Crippen LogP contribution in [0, 0.1) is 0 Å². The third-order valence-electron chi connectivity index (χ3n) is 3.86. The zero-order chi connectivity index (χ0) is 14.0. The monoisotopic (exact) mass is 277 g/mol. The Balaban J connectivity index is 1.44. The normalized spacial score (nSPS) is 19.9. The fourth-order valence-corrected chi connectivity index (χ4v) is 2.73. The highest BCUT2D eigenvalue weighted by Gasteiger charge is 2.16. The lowest BCUT2D eigenvalue weighted by molar-refractivity contribution is 0.0697. The van der Waals surface area contributed by atoms with Crippen LogP contribution in [0.4, 0.5) is 0 Å². The summed E-state index contributed by atoms with van der Waals surface area (Å²) in [6.45, 7) is 3.98. The van der Waals surface area contributed by atoms with Crippen LogP contribution < -0.4 is 4.74 Å². The van der Waals surface area contributed by atoms with Crippen molar-refractivity contribution < 1.29 is 9.84 Å². The summed E-state index contributed by atoms with van der Waals surface area (Å²) in [7, 11) is 0. The van der Waals surface area contributed by atoms with Gasteiger partial charge in [0.05, 0.1) is 12.7 Å². The first-order chi connectivity index (χ1) is 9.84. The molecule has 1 aromatic carbocycles. The van der Waals surface area contributed by atoms with E-state index in [1.54, 1.807) is 0 Å². The van der Waals surface area contributed by atoms with Crippen LogP contribution in [0.25, 0.3) is 0 Å². The van der Waals surface area contributed by atoms with Crippen LogP contribution in [0.3, 0.4) is 0 Å². The summed E-state index contributed by atoms with van der Waals surface area (Å²) in [5.74, 6) is 0.967. The van der Waals surface area contributed by atoms with Gasteiger partial charge in [-0.1, -0.05) is 31.0 Å². The molecule has 0 aliphatic carbocycles. The molecule has 0 aromatic heterocycles. The Morgan fingerprint density at radius 2 is 1.90 bits per heavy atom. The van der Waals surface area contributed by atoms with Gasteiger partial charge in [0.2, 0.25) is 0 Å². The van der Waals surface area contributed by atoms with E-state index in [0.717, 1.165) is 51.3 Å². The first kappa shape index (κ1) is 15.3. The van der Waals surface area contributed by atoms with E-state index in [0.29, 0.717) is 0 Å². The first-order valence-electron chi connectivity index (χ1n) is 7.93. The molecule has 0 spiro atoms. The lowest BCUT2D eigenvalue weighted by Gasteiger charge is -2.29. The highest BCUT2D eigenvalue weighted by molar-refractivity contribution is 5.20. The quantitative estimate of drug-likeness (QED) is 0.741. The molecule has 3 nitrogen and oxygen atoms in total. The Kier molecular flexibility index (Phi) is 6.89. The van der Waals surface area contributed by atoms with Crippen LogP contribution in [0.1, 0.15) is 38.5 Å². The molecule has 0 amide bonds. The van der Waals surface area contributed by atoms with E-state index < -0.39 is 0 Å². The largest absolute Gasteiger partial charge is 0.494 e. The van der Waals surface area contributed by atoms with Crippen LogP contribution in [0.5, 0.6) is 5.75 Å². The zero-order valence-electron chi connectivity index (χ0n) is 12.3. The minimum Gasteiger partial charge on any atom is -0.494 e. The molecule has 20 heavy (non-hydrogen) atoms. The van der Waals surface area contributed by atoms with Gasteiger partial charge in [0.25, 0.3) is 0 Å². The molecule has 1 fully saturated rings. The third kappa shape index (κ3) is 5.93. The van der Waals surface area contributed by atoms with Crippen molar-refractivity contribution >= 4 is 0 Å². The van der Waals surface area contributed by atoms with Crippen LogP contribution in [-0.4, -0.2) is 42.4 Å². The Bertz CT molecular complexity index is 355. The molecule has 112 valence electrons. The van der Waals surface area contributed by atoms with E-state index >= 15 is 0 Å². The van der Waals surface area contributed by atoms with E-state index in [-0.39, 0.29) is 6.10 Å². The Hall–Kier alpha value is -1.06. The Morgan fingerprint density at radius 1 is 1.10 bits per heavy atom. The number of ether oxygens (including phenoxy) is 1. The van der Waals surface area contributed by atoms with Gasteiger partial charge >= 0.3 is 0 Å². The molecule has 1 aliphatic rings. The average molecular weight is 277 g/mol. The molecule has 0 saturated carbocycles. The zero-order valence-corrected chi connectivity index (χ0v) is 12.3. The SMILES string of the molecule is OC1CCCN(CCCCCCOc2ccccc2)C1. The number of piperidine rings is 1. The molecule has 1 unspecified atom stereocenters. The predicted molar refractivity (Wildman–Crippen MR) is 82.1 cm³/mol. The number of aliphatic hydroxyl groups is 1. The van der Waals surface area contributed by atoms with E-state index in [1.165, 1.54) is 19.3 Å². The fraction of sp³-hybridized carbons (Fsp3) is 0.647. The Labute approximate surface area is 122 Å². The second kappa shape index (κ2) is 8.98. The van der Waals surface area contributed by atoms with Gasteiger partial charge < -0.3 is 14.7 Å². The van der Waals surface area contributed by atoms with Crippen molar-refractivity contribution in [3.05, 3.63) is 30.3 Å². The van der Waals surface area contributed by atoms with Crippen molar-refractivity contribution in [1.29, 1.82) is 0 Å². The second-order valence-electron chi connectivity index (χ2n) is 5.67. The summed E-state index contributed by atoms with van der Waals surface area (Å²) in [6.07, 6.45) is 6.87. The van der Waals surface area contributed by atoms with Crippen LogP contribution in [0.2, 0.25) is 0 Å². The van der Waals surface area contributed by atoms with Gasteiger partial charge in [-0.25, -0.2) is 0 Å². The number of unbranched alkanes of at least 4 members (excludes halogenated alkanes) is 3. The number of benzene rings is 1. The lowest BCUT2D eigenvalue weighted by Crippen LogP contribution is -2.38. The van der Waals surface area contributed by atoms with Crippen molar-refractivity contribution in [2.24, 2.45) is 0 Å². The average Bonchev–Trinajstić information content (AvgIpc) is 2.47. The van der Waals surface area contributed by atoms with Gasteiger partial charge in [-0.05, 0) is 50.9 Å². The van der Waals surface area contributed by atoms with E-state index in [9.17, 15) is 5.11 Å². The molecule has 0 bridgehead atoms.